The summed E-state index contributed by atoms with van der Waals surface area (Å²) in [6.07, 6.45) is 0.987. The highest BCUT2D eigenvalue weighted by molar-refractivity contribution is 5.60. The van der Waals surface area contributed by atoms with Crippen LogP contribution in [0.15, 0.2) is 18.2 Å². The number of benzene rings is 1. The molecule has 17 heavy (non-hydrogen) atoms. The van der Waals surface area contributed by atoms with Crippen molar-refractivity contribution in [3.8, 4) is 0 Å². The second kappa shape index (κ2) is 5.05. The van der Waals surface area contributed by atoms with Crippen LogP contribution >= 0.6 is 0 Å². The highest BCUT2D eigenvalue weighted by Gasteiger charge is 2.30. The Balaban J connectivity index is 2.29. The van der Waals surface area contributed by atoms with Gasteiger partial charge in [-0.05, 0) is 39.4 Å². The maximum Gasteiger partial charge on any atom is 0.128 e. The van der Waals surface area contributed by atoms with Crippen LogP contribution in [0, 0.1) is 5.82 Å². The van der Waals surface area contributed by atoms with Crippen LogP contribution in [-0.2, 0) is 0 Å². The maximum atomic E-state index is 14.0. The van der Waals surface area contributed by atoms with Gasteiger partial charge in [-0.15, -0.1) is 0 Å². The van der Waals surface area contributed by atoms with Gasteiger partial charge in [0.2, 0.25) is 0 Å². The molecule has 94 valence electrons. The Morgan fingerprint density at radius 1 is 1.53 bits per heavy atom. The Hall–Kier alpha value is -1.09. The first-order valence-corrected chi connectivity index (χ1v) is 6.38. The average Bonchev–Trinajstić information content (AvgIpc) is 2.68. The van der Waals surface area contributed by atoms with E-state index in [1.807, 2.05) is 13.1 Å². The zero-order valence-electron chi connectivity index (χ0n) is 10.8. The lowest BCUT2D eigenvalue weighted by Crippen LogP contribution is -2.27. The maximum absolute atomic E-state index is 14.0. The van der Waals surface area contributed by atoms with Crippen LogP contribution < -0.4 is 10.2 Å². The van der Waals surface area contributed by atoms with Gasteiger partial charge < -0.3 is 10.2 Å². The Bertz CT molecular complexity index is 390. The molecule has 0 aromatic heterocycles. The Morgan fingerprint density at radius 2 is 2.29 bits per heavy atom. The van der Waals surface area contributed by atoms with Gasteiger partial charge in [0, 0.05) is 36.3 Å². The van der Waals surface area contributed by atoms with Gasteiger partial charge in [0.25, 0.3) is 0 Å². The number of hydrogen-bond acceptors (Lipinski definition) is 2. The quantitative estimate of drug-likeness (QED) is 0.864. The monoisotopic (exact) mass is 236 g/mol. The van der Waals surface area contributed by atoms with Crippen LogP contribution in [-0.4, -0.2) is 26.2 Å². The summed E-state index contributed by atoms with van der Waals surface area (Å²) in [5.41, 5.74) is 2.00. The lowest BCUT2D eigenvalue weighted by Gasteiger charge is -2.18. The third-order valence-electron chi connectivity index (χ3n) is 3.73. The summed E-state index contributed by atoms with van der Waals surface area (Å²) in [5, 5.41) is 3.23. The molecule has 0 aliphatic carbocycles. The van der Waals surface area contributed by atoms with E-state index in [1.54, 1.807) is 12.1 Å². The summed E-state index contributed by atoms with van der Waals surface area (Å²) in [4.78, 5) is 2.27. The van der Waals surface area contributed by atoms with Gasteiger partial charge >= 0.3 is 0 Å². The van der Waals surface area contributed by atoms with E-state index in [9.17, 15) is 4.39 Å². The predicted molar refractivity (Wildman–Crippen MR) is 70.2 cm³/mol. The number of hydrogen-bond donors (Lipinski definition) is 1. The molecule has 1 N–H and O–H groups in total. The fraction of sp³-hybridized carbons (Fsp3) is 0.571. The van der Waals surface area contributed by atoms with Crippen molar-refractivity contribution in [2.45, 2.75) is 32.2 Å². The molecule has 1 aromatic rings. The average molecular weight is 236 g/mol. The van der Waals surface area contributed by atoms with Gasteiger partial charge in [0.1, 0.15) is 5.82 Å². The number of likely N-dealkylation sites (N-methyl/N-ethyl adjacent to an activating group) is 1. The fourth-order valence-electron chi connectivity index (χ4n) is 2.70. The standard InChI is InChI=1S/C14H21FN2/c1-4-17-9-11(8-10(2)16-3)14-12(15)6-5-7-13(14)17/h5-7,10-11,16H,4,8-9H2,1-3H3. The lowest BCUT2D eigenvalue weighted by molar-refractivity contribution is 0.492. The summed E-state index contributed by atoms with van der Waals surface area (Å²) in [7, 11) is 1.96. The minimum absolute atomic E-state index is 0.0493. The molecular formula is C14H21FN2. The largest absolute Gasteiger partial charge is 0.371 e. The Morgan fingerprint density at radius 3 is 2.94 bits per heavy atom. The topological polar surface area (TPSA) is 15.3 Å². The molecule has 0 radical (unpaired) electrons. The number of rotatable bonds is 4. The molecule has 0 saturated carbocycles. The molecule has 0 fully saturated rings. The molecular weight excluding hydrogens is 215 g/mol. The molecule has 1 aliphatic rings. The predicted octanol–water partition coefficient (Wildman–Crippen LogP) is 2.75. The summed E-state index contributed by atoms with van der Waals surface area (Å²) in [5.74, 6) is 0.264. The Kier molecular flexibility index (Phi) is 3.67. The SMILES string of the molecule is CCN1CC(CC(C)NC)c2c(F)cccc21. The third kappa shape index (κ3) is 2.29. The molecule has 0 spiro atoms. The van der Waals surface area contributed by atoms with Gasteiger partial charge in [0.15, 0.2) is 0 Å². The van der Waals surface area contributed by atoms with Gasteiger partial charge in [0.05, 0.1) is 0 Å². The van der Waals surface area contributed by atoms with Gasteiger partial charge in [-0.2, -0.15) is 0 Å². The number of nitrogens with one attached hydrogen (secondary N) is 1. The van der Waals surface area contributed by atoms with E-state index in [0.717, 1.165) is 30.8 Å². The second-order valence-electron chi connectivity index (χ2n) is 4.83. The highest BCUT2D eigenvalue weighted by Crippen LogP contribution is 2.39. The van der Waals surface area contributed by atoms with Crippen molar-refractivity contribution in [2.24, 2.45) is 0 Å². The van der Waals surface area contributed by atoms with Gasteiger partial charge in [-0.25, -0.2) is 4.39 Å². The van der Waals surface area contributed by atoms with Crippen molar-refractivity contribution in [3.05, 3.63) is 29.6 Å². The molecule has 2 atom stereocenters. The minimum atomic E-state index is -0.0493. The summed E-state index contributed by atoms with van der Waals surface area (Å²) in [6, 6.07) is 5.84. The molecule has 0 bridgehead atoms. The number of anilines is 1. The first-order chi connectivity index (χ1) is 8.17. The second-order valence-corrected chi connectivity index (χ2v) is 4.83. The third-order valence-corrected chi connectivity index (χ3v) is 3.73. The molecule has 2 nitrogen and oxygen atoms in total. The number of nitrogens with zero attached hydrogens (tertiary/aromatic N) is 1. The van der Waals surface area contributed by atoms with E-state index in [4.69, 9.17) is 0 Å². The fourth-order valence-corrected chi connectivity index (χ4v) is 2.70. The summed E-state index contributed by atoms with van der Waals surface area (Å²) < 4.78 is 14.0. The molecule has 0 saturated heterocycles. The van der Waals surface area contributed by atoms with Crippen LogP contribution in [0.4, 0.5) is 10.1 Å². The van der Waals surface area contributed by atoms with Crippen LogP contribution in [0.5, 0.6) is 0 Å². The summed E-state index contributed by atoms with van der Waals surface area (Å²) in [6.45, 7) is 6.16. The molecule has 1 aromatic carbocycles. The van der Waals surface area contributed by atoms with Gasteiger partial charge in [-0.1, -0.05) is 6.07 Å². The first kappa shape index (κ1) is 12.4. The minimum Gasteiger partial charge on any atom is -0.371 e. The van der Waals surface area contributed by atoms with E-state index in [-0.39, 0.29) is 5.82 Å². The summed E-state index contributed by atoms with van der Waals surface area (Å²) >= 11 is 0. The van der Waals surface area contributed by atoms with Crippen LogP contribution in [0.1, 0.15) is 31.7 Å². The highest BCUT2D eigenvalue weighted by atomic mass is 19.1. The lowest BCUT2D eigenvalue weighted by atomic mass is 9.94. The molecule has 1 aliphatic heterocycles. The van der Waals surface area contributed by atoms with E-state index in [1.165, 1.54) is 0 Å². The van der Waals surface area contributed by atoms with Gasteiger partial charge in [-0.3, -0.25) is 0 Å². The van der Waals surface area contributed by atoms with Crippen molar-refractivity contribution in [1.82, 2.24) is 5.32 Å². The van der Waals surface area contributed by atoms with Crippen LogP contribution in [0.3, 0.4) is 0 Å². The molecule has 3 heteroatoms. The number of halogens is 1. The van der Waals surface area contributed by atoms with Crippen LogP contribution in [0.25, 0.3) is 0 Å². The van der Waals surface area contributed by atoms with E-state index < -0.39 is 0 Å². The van der Waals surface area contributed by atoms with Crippen molar-refractivity contribution in [1.29, 1.82) is 0 Å². The normalized spacial score (nSPS) is 20.5. The zero-order chi connectivity index (χ0) is 12.4. The van der Waals surface area contributed by atoms with E-state index >= 15 is 0 Å². The first-order valence-electron chi connectivity index (χ1n) is 6.38. The van der Waals surface area contributed by atoms with Crippen LogP contribution in [0.2, 0.25) is 0 Å². The zero-order valence-corrected chi connectivity index (χ0v) is 10.8. The van der Waals surface area contributed by atoms with E-state index in [0.29, 0.717) is 12.0 Å². The van der Waals surface area contributed by atoms with Crippen molar-refractivity contribution >= 4 is 5.69 Å². The van der Waals surface area contributed by atoms with Crippen molar-refractivity contribution in [3.63, 3.8) is 0 Å². The van der Waals surface area contributed by atoms with Crippen molar-refractivity contribution in [2.75, 3.05) is 25.0 Å². The molecule has 2 unspecified atom stereocenters. The smallest absolute Gasteiger partial charge is 0.128 e. The van der Waals surface area contributed by atoms with Crippen molar-refractivity contribution < 1.29 is 4.39 Å². The van der Waals surface area contributed by atoms with E-state index in [2.05, 4.69) is 24.1 Å². The molecule has 0 amide bonds. The Labute approximate surface area is 103 Å². The molecule has 1 heterocycles. The number of fused-ring (bicyclic) bond motifs is 1. The molecule has 2 rings (SSSR count).